The highest BCUT2D eigenvalue weighted by Gasteiger charge is 2.17. The van der Waals surface area contributed by atoms with Gasteiger partial charge in [-0.05, 0) is 63.4 Å². The molecule has 0 radical (unpaired) electrons. The summed E-state index contributed by atoms with van der Waals surface area (Å²) in [7, 11) is 0. The van der Waals surface area contributed by atoms with Crippen LogP contribution in [0.4, 0.5) is 11.4 Å². The first kappa shape index (κ1) is 16.3. The molecule has 2 N–H and O–H groups in total. The Bertz CT molecular complexity index is 535. The summed E-state index contributed by atoms with van der Waals surface area (Å²) in [4.78, 5) is 14.5. The first-order valence-electron chi connectivity index (χ1n) is 8.70. The Morgan fingerprint density at radius 1 is 1.30 bits per heavy atom. The number of carbonyl (C=O) groups is 1. The van der Waals surface area contributed by atoms with Gasteiger partial charge in [0.1, 0.15) is 6.61 Å². The third kappa shape index (κ3) is 4.45. The van der Waals surface area contributed by atoms with Crippen LogP contribution in [-0.4, -0.2) is 44.8 Å². The van der Waals surface area contributed by atoms with Crippen LogP contribution in [0, 0.1) is 6.92 Å². The minimum Gasteiger partial charge on any atom is -0.371 e. The lowest BCUT2D eigenvalue weighted by Gasteiger charge is -2.23. The molecule has 126 valence electrons. The van der Waals surface area contributed by atoms with Crippen molar-refractivity contribution in [2.45, 2.75) is 38.7 Å². The zero-order valence-electron chi connectivity index (χ0n) is 13.9. The van der Waals surface area contributed by atoms with Crippen molar-refractivity contribution >= 4 is 17.3 Å². The number of anilines is 2. The lowest BCUT2D eigenvalue weighted by molar-refractivity contribution is -0.123. The van der Waals surface area contributed by atoms with Crippen molar-refractivity contribution in [1.82, 2.24) is 5.32 Å². The minimum absolute atomic E-state index is 0.0697. The predicted molar refractivity (Wildman–Crippen MR) is 93.1 cm³/mol. The fourth-order valence-electron chi connectivity index (χ4n) is 3.34. The molecule has 1 amide bonds. The Morgan fingerprint density at radius 2 is 2.04 bits per heavy atom. The summed E-state index contributed by atoms with van der Waals surface area (Å²) in [5, 5.41) is 6.26. The fourth-order valence-corrected chi connectivity index (χ4v) is 3.34. The molecule has 1 aromatic rings. The van der Waals surface area contributed by atoms with Gasteiger partial charge in [-0.3, -0.25) is 4.79 Å². The Kier molecular flexibility index (Phi) is 5.51. The molecule has 0 saturated carbocycles. The average molecular weight is 317 g/mol. The van der Waals surface area contributed by atoms with E-state index in [1.165, 1.54) is 24.1 Å². The molecule has 2 aliphatic heterocycles. The molecule has 5 heteroatoms. The summed E-state index contributed by atoms with van der Waals surface area (Å²) < 4.78 is 5.71. The molecule has 1 aromatic carbocycles. The summed E-state index contributed by atoms with van der Waals surface area (Å²) in [5.41, 5.74) is 3.35. The van der Waals surface area contributed by atoms with Gasteiger partial charge in [0.05, 0.1) is 6.10 Å². The third-order valence-electron chi connectivity index (χ3n) is 4.68. The Morgan fingerprint density at radius 3 is 2.78 bits per heavy atom. The minimum atomic E-state index is -0.0697. The van der Waals surface area contributed by atoms with E-state index < -0.39 is 0 Å². The highest BCUT2D eigenvalue weighted by Crippen LogP contribution is 2.27. The number of carbonyl (C=O) groups excluding carboxylic acids is 1. The monoisotopic (exact) mass is 317 g/mol. The van der Waals surface area contributed by atoms with E-state index in [-0.39, 0.29) is 18.6 Å². The van der Waals surface area contributed by atoms with Crippen molar-refractivity contribution in [1.29, 1.82) is 0 Å². The van der Waals surface area contributed by atoms with Crippen LogP contribution >= 0.6 is 0 Å². The second kappa shape index (κ2) is 7.79. The van der Waals surface area contributed by atoms with Crippen molar-refractivity contribution in [3.8, 4) is 0 Å². The Balaban J connectivity index is 1.54. The first-order chi connectivity index (χ1) is 11.2. The van der Waals surface area contributed by atoms with Gasteiger partial charge in [0.15, 0.2) is 0 Å². The molecule has 3 rings (SSSR count). The molecule has 0 bridgehead atoms. The average Bonchev–Trinajstić information content (AvgIpc) is 3.10. The smallest absolute Gasteiger partial charge is 0.250 e. The molecule has 0 aromatic heterocycles. The molecule has 0 spiro atoms. The maximum absolute atomic E-state index is 12.1. The van der Waals surface area contributed by atoms with Crippen LogP contribution in [0.2, 0.25) is 0 Å². The molecule has 2 saturated heterocycles. The van der Waals surface area contributed by atoms with E-state index in [1.807, 2.05) is 6.07 Å². The third-order valence-corrected chi connectivity index (χ3v) is 4.68. The summed E-state index contributed by atoms with van der Waals surface area (Å²) >= 11 is 0. The van der Waals surface area contributed by atoms with Crippen LogP contribution in [0.1, 0.15) is 31.2 Å². The normalized spacial score (nSPS) is 19.1. The van der Waals surface area contributed by atoms with Gasteiger partial charge >= 0.3 is 0 Å². The SMILES string of the molecule is Cc1ccc(NC(=O)COC2CCNCC2)cc1N1CCCC1. The second-order valence-corrected chi connectivity index (χ2v) is 6.50. The number of nitrogens with zero attached hydrogens (tertiary/aromatic N) is 1. The second-order valence-electron chi connectivity index (χ2n) is 6.50. The standard InChI is InChI=1S/C18H27N3O2/c1-14-4-5-15(12-17(14)21-10-2-3-11-21)20-18(22)13-23-16-6-8-19-9-7-16/h4-5,12,16,19H,2-3,6-11,13H2,1H3,(H,20,22). The number of amides is 1. The lowest BCUT2D eigenvalue weighted by Crippen LogP contribution is -2.34. The van der Waals surface area contributed by atoms with Gasteiger partial charge in [-0.15, -0.1) is 0 Å². The summed E-state index contributed by atoms with van der Waals surface area (Å²) in [5.74, 6) is -0.0697. The number of piperidine rings is 1. The van der Waals surface area contributed by atoms with Crippen LogP contribution in [0.3, 0.4) is 0 Å². The van der Waals surface area contributed by atoms with Gasteiger partial charge in [0.2, 0.25) is 5.91 Å². The summed E-state index contributed by atoms with van der Waals surface area (Å²) in [6.07, 6.45) is 4.67. The molecule has 2 heterocycles. The van der Waals surface area contributed by atoms with E-state index in [0.717, 1.165) is 44.7 Å². The number of rotatable bonds is 5. The predicted octanol–water partition coefficient (Wildman–Crippen LogP) is 2.30. The highest BCUT2D eigenvalue weighted by atomic mass is 16.5. The molecule has 2 fully saturated rings. The molecule has 5 nitrogen and oxygen atoms in total. The molecule has 0 atom stereocenters. The van der Waals surface area contributed by atoms with Gasteiger partial charge in [0, 0.05) is 24.5 Å². The van der Waals surface area contributed by atoms with Crippen LogP contribution < -0.4 is 15.5 Å². The topological polar surface area (TPSA) is 53.6 Å². The van der Waals surface area contributed by atoms with E-state index in [0.29, 0.717) is 0 Å². The van der Waals surface area contributed by atoms with Gasteiger partial charge in [-0.25, -0.2) is 0 Å². The molecular formula is C18H27N3O2. The zero-order valence-corrected chi connectivity index (χ0v) is 13.9. The molecule has 0 unspecified atom stereocenters. The zero-order chi connectivity index (χ0) is 16.1. The number of hydrogen-bond acceptors (Lipinski definition) is 4. The first-order valence-corrected chi connectivity index (χ1v) is 8.70. The van der Waals surface area contributed by atoms with Crippen molar-refractivity contribution in [3.63, 3.8) is 0 Å². The van der Waals surface area contributed by atoms with Crippen LogP contribution in [0.5, 0.6) is 0 Å². The summed E-state index contributed by atoms with van der Waals surface area (Å²) in [6.45, 7) is 6.43. The number of hydrogen-bond donors (Lipinski definition) is 2. The van der Waals surface area contributed by atoms with Gasteiger partial charge in [-0.1, -0.05) is 6.07 Å². The quantitative estimate of drug-likeness (QED) is 0.875. The van der Waals surface area contributed by atoms with Crippen molar-refractivity contribution in [3.05, 3.63) is 23.8 Å². The largest absolute Gasteiger partial charge is 0.371 e. The van der Waals surface area contributed by atoms with Gasteiger partial charge in [-0.2, -0.15) is 0 Å². The van der Waals surface area contributed by atoms with Crippen LogP contribution in [0.25, 0.3) is 0 Å². The molecular weight excluding hydrogens is 290 g/mol. The van der Waals surface area contributed by atoms with E-state index >= 15 is 0 Å². The van der Waals surface area contributed by atoms with Crippen molar-refractivity contribution < 1.29 is 9.53 Å². The molecule has 23 heavy (non-hydrogen) atoms. The van der Waals surface area contributed by atoms with E-state index in [9.17, 15) is 4.79 Å². The maximum Gasteiger partial charge on any atom is 0.250 e. The van der Waals surface area contributed by atoms with Crippen LogP contribution in [-0.2, 0) is 9.53 Å². The van der Waals surface area contributed by atoms with E-state index in [1.54, 1.807) is 0 Å². The summed E-state index contributed by atoms with van der Waals surface area (Å²) in [6, 6.07) is 6.14. The Hall–Kier alpha value is -1.59. The molecule has 2 aliphatic rings. The number of benzene rings is 1. The van der Waals surface area contributed by atoms with E-state index in [4.69, 9.17) is 4.74 Å². The van der Waals surface area contributed by atoms with E-state index in [2.05, 4.69) is 34.6 Å². The maximum atomic E-state index is 12.1. The van der Waals surface area contributed by atoms with Crippen LogP contribution in [0.15, 0.2) is 18.2 Å². The Labute approximate surface area is 138 Å². The fraction of sp³-hybridized carbons (Fsp3) is 0.611. The van der Waals surface area contributed by atoms with Gasteiger partial charge < -0.3 is 20.3 Å². The van der Waals surface area contributed by atoms with Gasteiger partial charge in [0.25, 0.3) is 0 Å². The molecule has 0 aliphatic carbocycles. The lowest BCUT2D eigenvalue weighted by atomic mass is 10.1. The number of ether oxygens (including phenoxy) is 1. The highest BCUT2D eigenvalue weighted by molar-refractivity contribution is 5.92. The van der Waals surface area contributed by atoms with Crippen molar-refractivity contribution in [2.24, 2.45) is 0 Å². The van der Waals surface area contributed by atoms with Crippen molar-refractivity contribution in [2.75, 3.05) is 43.0 Å². The number of nitrogens with one attached hydrogen (secondary N) is 2. The number of aryl methyl sites for hydroxylation is 1.